The fourth-order valence-corrected chi connectivity index (χ4v) is 3.81. The Morgan fingerprint density at radius 2 is 1.54 bits per heavy atom. The number of nitrogens with zero attached hydrogens (tertiary/aromatic N) is 1. The van der Waals surface area contributed by atoms with Gasteiger partial charge in [-0.25, -0.2) is 8.78 Å². The highest BCUT2D eigenvalue weighted by molar-refractivity contribution is 8.03. The van der Waals surface area contributed by atoms with Crippen LogP contribution in [0.5, 0.6) is 0 Å². The van der Waals surface area contributed by atoms with E-state index in [0.29, 0.717) is 23.2 Å². The van der Waals surface area contributed by atoms with Crippen LogP contribution in [0.3, 0.4) is 0 Å². The third kappa shape index (κ3) is 3.62. The molecule has 1 saturated carbocycles. The second kappa shape index (κ2) is 7.36. The van der Waals surface area contributed by atoms with Crippen molar-refractivity contribution >= 4 is 11.8 Å². The molecule has 0 saturated heterocycles. The van der Waals surface area contributed by atoms with Gasteiger partial charge in [-0.1, -0.05) is 44.0 Å². The molecule has 0 spiro atoms. The first kappa shape index (κ1) is 17.0. The Labute approximate surface area is 145 Å². The van der Waals surface area contributed by atoms with Gasteiger partial charge in [-0.3, -0.25) is 0 Å². The highest BCUT2D eigenvalue weighted by Crippen LogP contribution is 2.36. The fraction of sp³-hybridized carbons (Fsp3) is 0.350. The number of hydrogen-bond acceptors (Lipinski definition) is 2. The molecule has 24 heavy (non-hydrogen) atoms. The highest BCUT2D eigenvalue weighted by Gasteiger charge is 2.19. The molecule has 2 aromatic carbocycles. The lowest BCUT2D eigenvalue weighted by Crippen LogP contribution is -2.10. The largest absolute Gasteiger partial charge is 0.206 e. The number of thiocyanates is 1. The van der Waals surface area contributed by atoms with Crippen LogP contribution in [-0.4, -0.2) is 0 Å². The van der Waals surface area contributed by atoms with Crippen LogP contribution in [-0.2, 0) is 0 Å². The Morgan fingerprint density at radius 1 is 0.958 bits per heavy atom. The highest BCUT2D eigenvalue weighted by atomic mass is 32.2. The van der Waals surface area contributed by atoms with Crippen LogP contribution in [0.25, 0.3) is 11.1 Å². The lowest BCUT2D eigenvalue weighted by atomic mass is 9.79. The molecule has 0 heterocycles. The molecular weight excluding hydrogens is 324 g/mol. The summed E-state index contributed by atoms with van der Waals surface area (Å²) in [4.78, 5) is -0.241. The third-order valence-electron chi connectivity index (χ3n) is 4.88. The lowest BCUT2D eigenvalue weighted by molar-refractivity contribution is 0.348. The number of benzene rings is 2. The Hall–Kier alpha value is -1.86. The first-order chi connectivity index (χ1) is 11.6. The maximum atomic E-state index is 14.0. The number of nitriles is 1. The molecule has 4 heteroatoms. The molecule has 0 aliphatic heterocycles. The van der Waals surface area contributed by atoms with E-state index in [4.69, 9.17) is 5.26 Å². The Bertz CT molecular complexity index is 733. The molecule has 0 bridgehead atoms. The van der Waals surface area contributed by atoms with E-state index < -0.39 is 11.6 Å². The minimum Gasteiger partial charge on any atom is -0.206 e. The molecule has 1 aliphatic carbocycles. The summed E-state index contributed by atoms with van der Waals surface area (Å²) in [6.45, 7) is 2.30. The zero-order valence-corrected chi connectivity index (χ0v) is 14.4. The number of thioether (sulfide) groups is 1. The predicted octanol–water partition coefficient (Wildman–Crippen LogP) is 6.50. The van der Waals surface area contributed by atoms with Crippen molar-refractivity contribution in [2.75, 3.05) is 0 Å². The topological polar surface area (TPSA) is 23.8 Å². The van der Waals surface area contributed by atoms with E-state index in [2.05, 4.69) is 19.1 Å². The van der Waals surface area contributed by atoms with Gasteiger partial charge in [0.25, 0.3) is 0 Å². The van der Waals surface area contributed by atoms with Crippen LogP contribution in [0, 0.1) is 28.2 Å². The SMILES string of the molecule is CC1CCC(c2ccc(-c3cc(F)c(SC#N)c(F)c3)cc2)CC1. The third-order valence-corrected chi connectivity index (χ3v) is 5.56. The fourth-order valence-electron chi connectivity index (χ4n) is 3.41. The van der Waals surface area contributed by atoms with Gasteiger partial charge in [0.05, 0.1) is 4.90 Å². The molecule has 1 fully saturated rings. The van der Waals surface area contributed by atoms with Crippen LogP contribution >= 0.6 is 11.8 Å². The van der Waals surface area contributed by atoms with Crippen molar-refractivity contribution in [3.8, 4) is 16.5 Å². The van der Waals surface area contributed by atoms with Crippen LogP contribution in [0.15, 0.2) is 41.3 Å². The van der Waals surface area contributed by atoms with Crippen molar-refractivity contribution in [1.82, 2.24) is 0 Å². The Balaban J connectivity index is 1.82. The van der Waals surface area contributed by atoms with Crippen molar-refractivity contribution in [2.45, 2.75) is 43.4 Å². The van der Waals surface area contributed by atoms with E-state index in [1.54, 1.807) is 5.40 Å². The minimum atomic E-state index is -0.693. The van der Waals surface area contributed by atoms with Gasteiger partial charge >= 0.3 is 0 Å². The molecule has 0 unspecified atom stereocenters. The van der Waals surface area contributed by atoms with Crippen LogP contribution in [0.1, 0.15) is 44.1 Å². The van der Waals surface area contributed by atoms with Gasteiger partial charge in [-0.2, -0.15) is 5.26 Å². The summed E-state index contributed by atoms with van der Waals surface area (Å²) in [5.41, 5.74) is 2.59. The molecule has 0 amide bonds. The van der Waals surface area contributed by atoms with Gasteiger partial charge in [0.2, 0.25) is 0 Å². The van der Waals surface area contributed by atoms with E-state index in [-0.39, 0.29) is 4.90 Å². The molecular formula is C20H19F2NS. The summed E-state index contributed by atoms with van der Waals surface area (Å²) in [5.74, 6) is 0.0261. The van der Waals surface area contributed by atoms with Gasteiger partial charge in [0.1, 0.15) is 17.0 Å². The predicted molar refractivity (Wildman–Crippen MR) is 93.6 cm³/mol. The Morgan fingerprint density at radius 3 is 2.08 bits per heavy atom. The summed E-state index contributed by atoms with van der Waals surface area (Å²) in [5, 5.41) is 10.3. The maximum absolute atomic E-state index is 14.0. The summed E-state index contributed by atoms with van der Waals surface area (Å²) in [6, 6.07) is 10.6. The van der Waals surface area contributed by atoms with Crippen molar-refractivity contribution in [1.29, 1.82) is 5.26 Å². The molecule has 1 nitrogen and oxygen atoms in total. The second-order valence-electron chi connectivity index (χ2n) is 6.54. The molecule has 3 rings (SSSR count). The van der Waals surface area contributed by atoms with Gasteiger partial charge in [-0.15, -0.1) is 0 Å². The van der Waals surface area contributed by atoms with Gasteiger partial charge < -0.3 is 0 Å². The zero-order valence-electron chi connectivity index (χ0n) is 13.6. The molecule has 0 aromatic heterocycles. The van der Waals surface area contributed by atoms with E-state index in [1.165, 1.54) is 43.4 Å². The van der Waals surface area contributed by atoms with Gasteiger partial charge in [0, 0.05) is 0 Å². The molecule has 0 N–H and O–H groups in total. The summed E-state index contributed by atoms with van der Waals surface area (Å²) < 4.78 is 28.0. The lowest BCUT2D eigenvalue weighted by Gasteiger charge is -2.26. The average molecular weight is 343 g/mol. The first-order valence-corrected chi connectivity index (χ1v) is 9.05. The van der Waals surface area contributed by atoms with E-state index in [0.717, 1.165) is 11.5 Å². The second-order valence-corrected chi connectivity index (χ2v) is 7.34. The number of halogens is 2. The zero-order chi connectivity index (χ0) is 17.1. The molecule has 1 aliphatic rings. The van der Waals surface area contributed by atoms with Gasteiger partial charge in [-0.05, 0) is 65.3 Å². The number of hydrogen-bond donors (Lipinski definition) is 0. The molecule has 0 atom stereocenters. The van der Waals surface area contributed by atoms with E-state index in [1.807, 2.05) is 12.1 Å². The summed E-state index contributed by atoms with van der Waals surface area (Å²) >= 11 is 0.509. The van der Waals surface area contributed by atoms with Gasteiger partial charge in [0.15, 0.2) is 0 Å². The number of rotatable bonds is 3. The van der Waals surface area contributed by atoms with Crippen molar-refractivity contribution < 1.29 is 8.78 Å². The monoisotopic (exact) mass is 343 g/mol. The molecule has 124 valence electrons. The molecule has 2 aromatic rings. The summed E-state index contributed by atoms with van der Waals surface area (Å²) in [7, 11) is 0. The smallest absolute Gasteiger partial charge is 0.141 e. The van der Waals surface area contributed by atoms with Crippen molar-refractivity contribution in [3.05, 3.63) is 53.6 Å². The first-order valence-electron chi connectivity index (χ1n) is 8.23. The van der Waals surface area contributed by atoms with Crippen molar-refractivity contribution in [3.63, 3.8) is 0 Å². The maximum Gasteiger partial charge on any atom is 0.141 e. The van der Waals surface area contributed by atoms with Crippen LogP contribution in [0.4, 0.5) is 8.78 Å². The molecule has 0 radical (unpaired) electrons. The Kier molecular flexibility index (Phi) is 5.20. The average Bonchev–Trinajstić information content (AvgIpc) is 2.59. The summed E-state index contributed by atoms with van der Waals surface area (Å²) in [6.07, 6.45) is 4.95. The van der Waals surface area contributed by atoms with E-state index in [9.17, 15) is 8.78 Å². The minimum absolute atomic E-state index is 0.241. The van der Waals surface area contributed by atoms with Crippen LogP contribution in [0.2, 0.25) is 0 Å². The quantitative estimate of drug-likeness (QED) is 0.469. The van der Waals surface area contributed by atoms with Crippen molar-refractivity contribution in [2.24, 2.45) is 5.92 Å². The van der Waals surface area contributed by atoms with E-state index >= 15 is 0 Å². The standard InChI is InChI=1S/C20H19F2NS/c1-13-2-4-14(5-3-13)15-6-8-16(9-7-15)17-10-18(21)20(24-12-23)19(22)11-17/h6-11,13-14H,2-5H2,1H3. The normalized spacial score (nSPS) is 20.6. The van der Waals surface area contributed by atoms with Crippen LogP contribution < -0.4 is 0 Å².